The lowest BCUT2D eigenvalue weighted by Crippen LogP contribution is -2.07. The van der Waals surface area contributed by atoms with Crippen molar-refractivity contribution in [2.45, 2.75) is 6.18 Å². The number of rotatable bonds is 3. The number of anilines is 1. The Labute approximate surface area is 117 Å². The molecule has 0 unspecified atom stereocenters. The molecule has 2 aromatic carbocycles. The molecule has 0 heterocycles. The number of halogens is 4. The number of nitrogen functional groups attached to an aromatic ring is 1. The highest BCUT2D eigenvalue weighted by atomic mass is 19.4. The van der Waals surface area contributed by atoms with E-state index in [4.69, 9.17) is 15.2 Å². The zero-order chi connectivity index (χ0) is 15.6. The van der Waals surface area contributed by atoms with E-state index >= 15 is 0 Å². The number of hydrogen-bond acceptors (Lipinski definition) is 3. The van der Waals surface area contributed by atoms with Gasteiger partial charge in [-0.1, -0.05) is 12.1 Å². The summed E-state index contributed by atoms with van der Waals surface area (Å²) >= 11 is 0. The molecule has 0 atom stereocenters. The van der Waals surface area contributed by atoms with Gasteiger partial charge in [-0.25, -0.2) is 4.39 Å². The first-order valence-electron chi connectivity index (χ1n) is 5.80. The van der Waals surface area contributed by atoms with E-state index in [1.54, 1.807) is 0 Å². The maximum atomic E-state index is 13.4. The minimum Gasteiger partial charge on any atom is -0.494 e. The number of benzene rings is 2. The quantitative estimate of drug-likeness (QED) is 0.681. The predicted molar refractivity (Wildman–Crippen MR) is 68.9 cm³/mol. The second kappa shape index (κ2) is 5.51. The molecule has 0 fully saturated rings. The molecule has 0 amide bonds. The van der Waals surface area contributed by atoms with E-state index in [-0.39, 0.29) is 17.2 Å². The van der Waals surface area contributed by atoms with Crippen molar-refractivity contribution in [3.8, 4) is 17.2 Å². The fraction of sp³-hybridized carbons (Fsp3) is 0.143. The van der Waals surface area contributed by atoms with Crippen molar-refractivity contribution in [3.63, 3.8) is 0 Å². The summed E-state index contributed by atoms with van der Waals surface area (Å²) in [5.41, 5.74) is 4.46. The van der Waals surface area contributed by atoms with Crippen molar-refractivity contribution in [2.24, 2.45) is 0 Å². The van der Waals surface area contributed by atoms with E-state index in [1.807, 2.05) is 0 Å². The summed E-state index contributed by atoms with van der Waals surface area (Å²) < 4.78 is 61.9. The summed E-state index contributed by atoms with van der Waals surface area (Å²) in [4.78, 5) is 0. The van der Waals surface area contributed by atoms with Crippen LogP contribution < -0.4 is 15.2 Å². The molecule has 21 heavy (non-hydrogen) atoms. The number of para-hydroxylation sites is 1. The number of alkyl halides is 3. The van der Waals surface area contributed by atoms with Gasteiger partial charge < -0.3 is 15.2 Å². The maximum absolute atomic E-state index is 13.4. The van der Waals surface area contributed by atoms with Gasteiger partial charge in [-0.3, -0.25) is 0 Å². The van der Waals surface area contributed by atoms with Crippen LogP contribution in [0.25, 0.3) is 0 Å². The van der Waals surface area contributed by atoms with E-state index in [9.17, 15) is 17.6 Å². The highest BCUT2D eigenvalue weighted by Gasteiger charge is 2.34. The molecule has 0 spiro atoms. The fourth-order valence-corrected chi connectivity index (χ4v) is 1.70. The predicted octanol–water partition coefficient (Wildman–Crippen LogP) is 4.23. The lowest BCUT2D eigenvalue weighted by Gasteiger charge is -2.15. The Bertz CT molecular complexity index is 656. The minimum absolute atomic E-state index is 0.120. The third-order valence-corrected chi connectivity index (χ3v) is 2.70. The lowest BCUT2D eigenvalue weighted by atomic mass is 10.2. The molecule has 2 N–H and O–H groups in total. The molecule has 0 aromatic heterocycles. The average molecular weight is 301 g/mol. The average Bonchev–Trinajstić information content (AvgIpc) is 2.41. The summed E-state index contributed by atoms with van der Waals surface area (Å²) in [6.45, 7) is 0. The molecule has 2 aromatic rings. The van der Waals surface area contributed by atoms with Gasteiger partial charge in [0.2, 0.25) is 0 Å². The van der Waals surface area contributed by atoms with Crippen LogP contribution >= 0.6 is 0 Å². The van der Waals surface area contributed by atoms with Gasteiger partial charge in [-0.2, -0.15) is 13.2 Å². The summed E-state index contributed by atoms with van der Waals surface area (Å²) in [5.74, 6) is -1.45. The molecule has 112 valence electrons. The molecule has 0 saturated heterocycles. The molecular formula is C14H11F4NO2. The topological polar surface area (TPSA) is 44.5 Å². The molecule has 0 bridgehead atoms. The van der Waals surface area contributed by atoms with Crippen LogP contribution in [0.5, 0.6) is 17.2 Å². The zero-order valence-electron chi connectivity index (χ0n) is 10.9. The van der Waals surface area contributed by atoms with E-state index < -0.39 is 23.3 Å². The van der Waals surface area contributed by atoms with Gasteiger partial charge in [0, 0.05) is 12.1 Å². The van der Waals surface area contributed by atoms with Crippen molar-refractivity contribution in [3.05, 3.63) is 47.8 Å². The number of ether oxygens (including phenoxy) is 2. The first kappa shape index (κ1) is 15.0. The Morgan fingerprint density at radius 1 is 1.00 bits per heavy atom. The smallest absolute Gasteiger partial charge is 0.419 e. The van der Waals surface area contributed by atoms with Crippen molar-refractivity contribution in [1.82, 2.24) is 0 Å². The van der Waals surface area contributed by atoms with E-state index in [0.717, 1.165) is 24.3 Å². The maximum Gasteiger partial charge on any atom is 0.419 e. The van der Waals surface area contributed by atoms with E-state index in [2.05, 4.69) is 0 Å². The second-order valence-electron chi connectivity index (χ2n) is 4.12. The van der Waals surface area contributed by atoms with Gasteiger partial charge in [0.25, 0.3) is 0 Å². The van der Waals surface area contributed by atoms with Crippen LogP contribution in [-0.4, -0.2) is 7.11 Å². The Morgan fingerprint density at radius 3 is 2.29 bits per heavy atom. The monoisotopic (exact) mass is 301 g/mol. The van der Waals surface area contributed by atoms with Crippen molar-refractivity contribution >= 4 is 5.69 Å². The standard InChI is InChI=1S/C14H11F4NO2/c1-20-12-7-13(10(19)6-9(12)15)21-11-5-3-2-4-8(11)14(16,17)18/h2-7H,19H2,1H3. The molecule has 7 heteroatoms. The van der Waals surface area contributed by atoms with Crippen LogP contribution in [-0.2, 0) is 6.18 Å². The lowest BCUT2D eigenvalue weighted by molar-refractivity contribution is -0.138. The van der Waals surface area contributed by atoms with Crippen LogP contribution in [0.1, 0.15) is 5.56 Å². The molecule has 0 saturated carbocycles. The molecular weight excluding hydrogens is 290 g/mol. The van der Waals surface area contributed by atoms with Gasteiger partial charge in [-0.15, -0.1) is 0 Å². The molecule has 0 aliphatic rings. The van der Waals surface area contributed by atoms with Gasteiger partial charge in [-0.05, 0) is 12.1 Å². The highest BCUT2D eigenvalue weighted by molar-refractivity contribution is 5.58. The summed E-state index contributed by atoms with van der Waals surface area (Å²) in [6.07, 6.45) is -4.57. The molecule has 3 nitrogen and oxygen atoms in total. The molecule has 0 aliphatic heterocycles. The third kappa shape index (κ3) is 3.18. The second-order valence-corrected chi connectivity index (χ2v) is 4.12. The van der Waals surface area contributed by atoms with E-state index in [1.165, 1.54) is 19.2 Å². The van der Waals surface area contributed by atoms with Crippen LogP contribution in [0.3, 0.4) is 0 Å². The van der Waals surface area contributed by atoms with Gasteiger partial charge in [0.05, 0.1) is 18.4 Å². The summed E-state index contributed by atoms with van der Waals surface area (Å²) in [5, 5.41) is 0. The summed E-state index contributed by atoms with van der Waals surface area (Å²) in [7, 11) is 1.22. The Hall–Kier alpha value is -2.44. The van der Waals surface area contributed by atoms with Crippen LogP contribution in [0, 0.1) is 5.82 Å². The van der Waals surface area contributed by atoms with E-state index in [0.29, 0.717) is 0 Å². The number of nitrogens with two attached hydrogens (primary N) is 1. The van der Waals surface area contributed by atoms with Crippen LogP contribution in [0.15, 0.2) is 36.4 Å². The van der Waals surface area contributed by atoms with Crippen LogP contribution in [0.4, 0.5) is 23.2 Å². The molecule has 0 radical (unpaired) electrons. The number of methoxy groups -OCH3 is 1. The minimum atomic E-state index is -4.57. The first-order chi connectivity index (χ1) is 9.82. The largest absolute Gasteiger partial charge is 0.494 e. The van der Waals surface area contributed by atoms with Gasteiger partial charge in [0.1, 0.15) is 5.75 Å². The Kier molecular flexibility index (Phi) is 3.93. The van der Waals surface area contributed by atoms with Crippen molar-refractivity contribution in [1.29, 1.82) is 0 Å². The highest BCUT2D eigenvalue weighted by Crippen LogP contribution is 2.40. The Morgan fingerprint density at radius 2 is 1.67 bits per heavy atom. The van der Waals surface area contributed by atoms with Crippen molar-refractivity contribution < 1.29 is 27.0 Å². The molecule has 2 rings (SSSR count). The van der Waals surface area contributed by atoms with Gasteiger partial charge >= 0.3 is 6.18 Å². The Balaban J connectivity index is 2.44. The SMILES string of the molecule is COc1cc(Oc2ccccc2C(F)(F)F)c(N)cc1F. The third-order valence-electron chi connectivity index (χ3n) is 2.70. The van der Waals surface area contributed by atoms with Gasteiger partial charge in [0.15, 0.2) is 17.3 Å². The fourth-order valence-electron chi connectivity index (χ4n) is 1.70. The molecule has 0 aliphatic carbocycles. The normalized spacial score (nSPS) is 11.3. The van der Waals surface area contributed by atoms with Crippen LogP contribution in [0.2, 0.25) is 0 Å². The zero-order valence-corrected chi connectivity index (χ0v) is 10.9. The summed E-state index contributed by atoms with van der Waals surface area (Å²) in [6, 6.07) is 6.68. The first-order valence-corrected chi connectivity index (χ1v) is 5.80. The number of hydrogen-bond donors (Lipinski definition) is 1. The van der Waals surface area contributed by atoms with Crippen molar-refractivity contribution in [2.75, 3.05) is 12.8 Å².